The van der Waals surface area contributed by atoms with Crippen molar-refractivity contribution in [3.63, 3.8) is 0 Å². The van der Waals surface area contributed by atoms with Crippen molar-refractivity contribution in [2.75, 3.05) is 18.5 Å². The average Bonchev–Trinajstić information content (AvgIpc) is 2.67. The van der Waals surface area contributed by atoms with Gasteiger partial charge in [-0.1, -0.05) is 30.3 Å². The van der Waals surface area contributed by atoms with E-state index in [2.05, 4.69) is 16.1 Å². The molecule has 4 nitrogen and oxygen atoms in total. The maximum atomic E-state index is 12.3. The number of anilines is 1. The van der Waals surface area contributed by atoms with Crippen LogP contribution in [0.25, 0.3) is 0 Å². The van der Waals surface area contributed by atoms with Crippen molar-refractivity contribution in [2.24, 2.45) is 10.4 Å². The molecule has 1 fully saturated rings. The van der Waals surface area contributed by atoms with E-state index in [0.717, 1.165) is 36.3 Å². The summed E-state index contributed by atoms with van der Waals surface area (Å²) in [6, 6.07) is 14.1. The van der Waals surface area contributed by atoms with Gasteiger partial charge in [0, 0.05) is 24.3 Å². The predicted octanol–water partition coefficient (Wildman–Crippen LogP) is 4.95. The van der Waals surface area contributed by atoms with Gasteiger partial charge in [-0.2, -0.15) is 0 Å². The van der Waals surface area contributed by atoms with Gasteiger partial charge in [-0.3, -0.25) is 4.99 Å². The fourth-order valence-corrected chi connectivity index (χ4v) is 3.85. The minimum atomic E-state index is -4.68. The van der Waals surface area contributed by atoms with E-state index in [1.807, 2.05) is 18.2 Å². The van der Waals surface area contributed by atoms with Gasteiger partial charge in [0.15, 0.2) is 0 Å². The van der Waals surface area contributed by atoms with E-state index < -0.39 is 6.36 Å². The molecule has 0 aliphatic carbocycles. The molecule has 0 unspecified atom stereocenters. The Morgan fingerprint density at radius 1 is 1.04 bits per heavy atom. The summed E-state index contributed by atoms with van der Waals surface area (Å²) in [5, 5.41) is 3.49. The van der Waals surface area contributed by atoms with Crippen molar-refractivity contribution in [3.8, 4) is 5.75 Å². The number of para-hydroxylation sites is 1. The number of alkyl halides is 3. The van der Waals surface area contributed by atoms with Gasteiger partial charge in [-0.05, 0) is 48.6 Å². The number of amidine groups is 1. The number of nitrogens with zero attached hydrogens (tertiary/aromatic N) is 1. The van der Waals surface area contributed by atoms with Crippen molar-refractivity contribution in [1.82, 2.24) is 0 Å². The average molecular weight is 390 g/mol. The quantitative estimate of drug-likeness (QED) is 0.807. The van der Waals surface area contributed by atoms with Crippen LogP contribution in [0.4, 0.5) is 18.9 Å². The third kappa shape index (κ3) is 4.14. The highest BCUT2D eigenvalue weighted by Gasteiger charge is 2.41. The number of halogens is 3. The van der Waals surface area contributed by atoms with Crippen LogP contribution in [0, 0.1) is 5.41 Å². The highest BCUT2D eigenvalue weighted by Crippen LogP contribution is 2.41. The lowest BCUT2D eigenvalue weighted by Gasteiger charge is -2.42. The van der Waals surface area contributed by atoms with Gasteiger partial charge in [0.1, 0.15) is 11.6 Å². The van der Waals surface area contributed by atoms with Gasteiger partial charge in [-0.15, -0.1) is 13.2 Å². The Bertz CT molecular complexity index is 857. The number of hydrogen-bond donors (Lipinski definition) is 1. The Kier molecular flexibility index (Phi) is 5.02. The summed E-state index contributed by atoms with van der Waals surface area (Å²) in [5.41, 5.74) is 3.08. The van der Waals surface area contributed by atoms with Crippen LogP contribution in [0.1, 0.15) is 24.0 Å². The molecule has 0 amide bonds. The minimum absolute atomic E-state index is 0.0774. The van der Waals surface area contributed by atoms with Crippen LogP contribution in [0.15, 0.2) is 53.5 Å². The Morgan fingerprint density at radius 2 is 1.75 bits per heavy atom. The summed E-state index contributed by atoms with van der Waals surface area (Å²) in [7, 11) is 0. The number of rotatable bonds is 3. The van der Waals surface area contributed by atoms with Gasteiger partial charge < -0.3 is 14.8 Å². The topological polar surface area (TPSA) is 42.8 Å². The molecule has 0 atom stereocenters. The number of nitrogens with one attached hydrogen (secondary N) is 1. The summed E-state index contributed by atoms with van der Waals surface area (Å²) < 4.78 is 46.4. The number of ether oxygens (including phenoxy) is 2. The van der Waals surface area contributed by atoms with E-state index >= 15 is 0 Å². The summed E-state index contributed by atoms with van der Waals surface area (Å²) in [4.78, 5) is 4.82. The standard InChI is InChI=1S/C21H21F3N2O2/c22-21(23,24)28-17-7-5-15(6-8-17)14-25-19-20(9-11-27-12-10-20)13-16-3-1-2-4-18(16)26-19/h1-8H,9-14H2,(H,25,26). The second-order valence-electron chi connectivity index (χ2n) is 7.21. The number of hydrogen-bond acceptors (Lipinski definition) is 3. The molecule has 2 aliphatic heterocycles. The maximum Gasteiger partial charge on any atom is 0.573 e. The smallest absolute Gasteiger partial charge is 0.406 e. The number of fused-ring (bicyclic) bond motifs is 1. The molecule has 0 aromatic heterocycles. The molecular weight excluding hydrogens is 369 g/mol. The second kappa shape index (κ2) is 7.47. The Morgan fingerprint density at radius 3 is 2.46 bits per heavy atom. The van der Waals surface area contributed by atoms with Crippen molar-refractivity contribution >= 4 is 11.5 Å². The lowest BCUT2D eigenvalue weighted by molar-refractivity contribution is -0.274. The molecule has 2 heterocycles. The Hall–Kier alpha value is -2.54. The summed E-state index contributed by atoms with van der Waals surface area (Å²) in [5.74, 6) is 0.708. The molecule has 0 saturated carbocycles. The molecule has 2 aliphatic rings. The zero-order valence-corrected chi connectivity index (χ0v) is 15.3. The van der Waals surface area contributed by atoms with E-state index in [-0.39, 0.29) is 11.2 Å². The maximum absolute atomic E-state index is 12.3. The monoisotopic (exact) mass is 390 g/mol. The van der Waals surface area contributed by atoms with E-state index in [1.165, 1.54) is 17.7 Å². The third-order valence-electron chi connectivity index (χ3n) is 5.33. The van der Waals surface area contributed by atoms with E-state index in [9.17, 15) is 13.2 Å². The van der Waals surface area contributed by atoms with Crippen LogP contribution in [0.3, 0.4) is 0 Å². The molecule has 2 aromatic rings. The van der Waals surface area contributed by atoms with E-state index in [1.54, 1.807) is 12.1 Å². The molecule has 1 N–H and O–H groups in total. The second-order valence-corrected chi connectivity index (χ2v) is 7.21. The molecule has 7 heteroatoms. The zero-order valence-electron chi connectivity index (χ0n) is 15.3. The minimum Gasteiger partial charge on any atom is -0.406 e. The molecule has 4 rings (SSSR count). The predicted molar refractivity (Wildman–Crippen MR) is 101 cm³/mol. The van der Waals surface area contributed by atoms with Crippen molar-refractivity contribution in [3.05, 3.63) is 59.7 Å². The largest absolute Gasteiger partial charge is 0.573 e. The Labute approximate surface area is 161 Å². The SMILES string of the molecule is FC(F)(F)Oc1ccc(CN=C2Nc3ccccc3CC23CCOCC3)cc1. The summed E-state index contributed by atoms with van der Waals surface area (Å²) in [6.07, 6.45) is -1.98. The summed E-state index contributed by atoms with van der Waals surface area (Å²) >= 11 is 0. The van der Waals surface area contributed by atoms with Crippen LogP contribution < -0.4 is 10.1 Å². The molecule has 0 radical (unpaired) electrons. The summed E-state index contributed by atoms with van der Waals surface area (Å²) in [6.45, 7) is 1.79. The first kappa shape index (κ1) is 18.8. The normalized spacial score (nSPS) is 19.9. The van der Waals surface area contributed by atoms with Gasteiger partial charge in [-0.25, -0.2) is 0 Å². The van der Waals surface area contributed by atoms with Crippen molar-refractivity contribution in [2.45, 2.75) is 32.2 Å². The molecule has 0 bridgehead atoms. The first-order chi connectivity index (χ1) is 13.4. The van der Waals surface area contributed by atoms with Crippen molar-refractivity contribution in [1.29, 1.82) is 0 Å². The van der Waals surface area contributed by atoms with E-state index in [0.29, 0.717) is 19.8 Å². The molecule has 1 saturated heterocycles. The highest BCUT2D eigenvalue weighted by atomic mass is 19.4. The highest BCUT2D eigenvalue weighted by molar-refractivity contribution is 6.02. The van der Waals surface area contributed by atoms with Crippen LogP contribution in [0.5, 0.6) is 5.75 Å². The lowest BCUT2D eigenvalue weighted by Crippen LogP contribution is -2.45. The van der Waals surface area contributed by atoms with Gasteiger partial charge in [0.05, 0.1) is 6.54 Å². The van der Waals surface area contributed by atoms with Gasteiger partial charge in [0.25, 0.3) is 0 Å². The first-order valence-electron chi connectivity index (χ1n) is 9.26. The number of benzene rings is 2. The zero-order chi connectivity index (χ0) is 19.6. The van der Waals surface area contributed by atoms with Crippen LogP contribution in [-0.2, 0) is 17.7 Å². The van der Waals surface area contributed by atoms with Crippen LogP contribution in [-0.4, -0.2) is 25.4 Å². The molecule has 1 spiro atoms. The molecule has 2 aromatic carbocycles. The lowest BCUT2D eigenvalue weighted by atomic mass is 9.71. The fourth-order valence-electron chi connectivity index (χ4n) is 3.85. The van der Waals surface area contributed by atoms with Gasteiger partial charge >= 0.3 is 6.36 Å². The fraction of sp³-hybridized carbons (Fsp3) is 0.381. The van der Waals surface area contributed by atoms with Gasteiger partial charge in [0.2, 0.25) is 0 Å². The molecular formula is C21H21F3N2O2. The van der Waals surface area contributed by atoms with Crippen LogP contribution in [0.2, 0.25) is 0 Å². The Balaban J connectivity index is 1.55. The van der Waals surface area contributed by atoms with E-state index in [4.69, 9.17) is 9.73 Å². The third-order valence-corrected chi connectivity index (χ3v) is 5.33. The molecule has 28 heavy (non-hydrogen) atoms. The van der Waals surface area contributed by atoms with Crippen molar-refractivity contribution < 1.29 is 22.6 Å². The van der Waals surface area contributed by atoms with Crippen LogP contribution >= 0.6 is 0 Å². The number of aliphatic imine (C=N–C) groups is 1. The molecule has 148 valence electrons. The first-order valence-corrected chi connectivity index (χ1v) is 9.26.